The van der Waals surface area contributed by atoms with E-state index in [1.807, 2.05) is 24.3 Å². The molecular formula is C26H29N3O6. The first-order valence-corrected chi connectivity index (χ1v) is 11.6. The first-order valence-electron chi connectivity index (χ1n) is 11.6. The summed E-state index contributed by atoms with van der Waals surface area (Å²) in [5.74, 6) is 1.22. The summed E-state index contributed by atoms with van der Waals surface area (Å²) < 4.78 is 17.2. The molecule has 9 heteroatoms. The van der Waals surface area contributed by atoms with Gasteiger partial charge >= 0.3 is 0 Å². The van der Waals surface area contributed by atoms with Gasteiger partial charge in [0, 0.05) is 18.4 Å². The van der Waals surface area contributed by atoms with Crippen LogP contribution in [0.2, 0.25) is 0 Å². The molecule has 2 heterocycles. The molecule has 0 saturated carbocycles. The maximum atomic E-state index is 13.0. The number of hydrogen-bond acceptors (Lipinski definition) is 7. The van der Waals surface area contributed by atoms with Crippen molar-refractivity contribution in [1.29, 1.82) is 0 Å². The summed E-state index contributed by atoms with van der Waals surface area (Å²) in [5.41, 5.74) is 1.26. The van der Waals surface area contributed by atoms with Crippen molar-refractivity contribution in [2.75, 3.05) is 33.4 Å². The summed E-state index contributed by atoms with van der Waals surface area (Å²) in [6.45, 7) is 3.10. The van der Waals surface area contributed by atoms with E-state index in [1.165, 1.54) is 0 Å². The number of ether oxygens (including phenoxy) is 3. The van der Waals surface area contributed by atoms with Crippen LogP contribution in [-0.2, 0) is 27.2 Å². The number of hydrogen-bond donors (Lipinski definition) is 1. The number of aromatic amines is 1. The molecule has 3 aromatic rings. The highest BCUT2D eigenvalue weighted by atomic mass is 16.5. The summed E-state index contributed by atoms with van der Waals surface area (Å²) in [4.78, 5) is 38.0. The first-order chi connectivity index (χ1) is 16.9. The number of carbonyl (C=O) groups is 2. The van der Waals surface area contributed by atoms with Crippen molar-refractivity contribution in [3.8, 4) is 11.5 Å². The standard InChI is InChI=1S/C26H29N3O6/c1-17(30)7-8-18-9-10-23(24(13-18)33-2)35-16-19-15-29(11-12-34-19)25(31)14-22-20-5-3-4-6-21(20)26(32)28-27-22/h3-6,9-10,13,19H,7-8,11-12,14-16H2,1-2H3,(H,28,32). The largest absolute Gasteiger partial charge is 0.493 e. The zero-order valence-electron chi connectivity index (χ0n) is 19.9. The number of carbonyl (C=O) groups excluding carboxylic acids is 2. The van der Waals surface area contributed by atoms with Crippen molar-refractivity contribution in [1.82, 2.24) is 15.1 Å². The molecule has 1 aliphatic rings. The average molecular weight is 480 g/mol. The van der Waals surface area contributed by atoms with E-state index in [0.717, 1.165) is 5.56 Å². The van der Waals surface area contributed by atoms with Crippen molar-refractivity contribution in [3.63, 3.8) is 0 Å². The lowest BCUT2D eigenvalue weighted by Crippen LogP contribution is -2.48. The van der Waals surface area contributed by atoms with Crippen LogP contribution >= 0.6 is 0 Å². The van der Waals surface area contributed by atoms with E-state index in [2.05, 4.69) is 10.2 Å². The molecule has 1 atom stereocenters. The second kappa shape index (κ2) is 11.1. The smallest absolute Gasteiger partial charge is 0.272 e. The van der Waals surface area contributed by atoms with Crippen molar-refractivity contribution in [2.24, 2.45) is 0 Å². The van der Waals surface area contributed by atoms with Crippen LogP contribution in [0.5, 0.6) is 11.5 Å². The summed E-state index contributed by atoms with van der Waals surface area (Å²) >= 11 is 0. The van der Waals surface area contributed by atoms with E-state index in [1.54, 1.807) is 37.1 Å². The summed E-state index contributed by atoms with van der Waals surface area (Å²) in [6, 6.07) is 12.7. The second-order valence-electron chi connectivity index (χ2n) is 8.55. The van der Waals surface area contributed by atoms with E-state index < -0.39 is 0 Å². The lowest BCUT2D eigenvalue weighted by molar-refractivity contribution is -0.139. The molecule has 0 aliphatic carbocycles. The van der Waals surface area contributed by atoms with Gasteiger partial charge in [-0.2, -0.15) is 5.10 Å². The number of aryl methyl sites for hydroxylation is 1. The van der Waals surface area contributed by atoms with Crippen LogP contribution in [0.4, 0.5) is 0 Å². The summed E-state index contributed by atoms with van der Waals surface area (Å²) in [7, 11) is 1.57. The fourth-order valence-electron chi connectivity index (χ4n) is 4.10. The second-order valence-corrected chi connectivity index (χ2v) is 8.55. The molecule has 1 aromatic heterocycles. The highest BCUT2D eigenvalue weighted by Gasteiger charge is 2.26. The molecular weight excluding hydrogens is 450 g/mol. The molecule has 35 heavy (non-hydrogen) atoms. The molecule has 1 unspecified atom stereocenters. The van der Waals surface area contributed by atoms with Crippen LogP contribution in [0.15, 0.2) is 47.3 Å². The first kappa shape index (κ1) is 24.4. The minimum absolute atomic E-state index is 0.0837. The summed E-state index contributed by atoms with van der Waals surface area (Å²) in [5, 5.41) is 7.78. The van der Waals surface area contributed by atoms with Crippen LogP contribution < -0.4 is 15.0 Å². The Kier molecular flexibility index (Phi) is 7.77. The van der Waals surface area contributed by atoms with Crippen LogP contribution in [0.3, 0.4) is 0 Å². The minimum atomic E-state index is -0.296. The third kappa shape index (κ3) is 6.05. The number of amides is 1. The molecule has 2 aromatic carbocycles. The zero-order valence-corrected chi connectivity index (χ0v) is 19.9. The zero-order chi connectivity index (χ0) is 24.8. The average Bonchev–Trinajstić information content (AvgIpc) is 2.88. The third-order valence-electron chi connectivity index (χ3n) is 6.00. The quantitative estimate of drug-likeness (QED) is 0.501. The highest BCUT2D eigenvalue weighted by Crippen LogP contribution is 2.29. The molecule has 0 spiro atoms. The molecule has 4 rings (SSSR count). The Labute approximate surface area is 203 Å². The van der Waals surface area contributed by atoms with Gasteiger partial charge in [-0.1, -0.05) is 24.3 Å². The van der Waals surface area contributed by atoms with Crippen molar-refractivity contribution >= 4 is 22.5 Å². The predicted octanol–water partition coefficient (Wildman–Crippen LogP) is 2.30. The van der Waals surface area contributed by atoms with E-state index in [-0.39, 0.29) is 36.4 Å². The topological polar surface area (TPSA) is 111 Å². The van der Waals surface area contributed by atoms with Gasteiger partial charge in [-0.15, -0.1) is 0 Å². The number of aromatic nitrogens is 2. The minimum Gasteiger partial charge on any atom is -0.493 e. The van der Waals surface area contributed by atoms with Crippen LogP contribution in [-0.4, -0.2) is 66.3 Å². The van der Waals surface area contributed by atoms with Gasteiger partial charge in [-0.05, 0) is 37.1 Å². The fourth-order valence-corrected chi connectivity index (χ4v) is 4.10. The van der Waals surface area contributed by atoms with Gasteiger partial charge in [0.25, 0.3) is 5.56 Å². The number of nitrogens with zero attached hydrogens (tertiary/aromatic N) is 2. The van der Waals surface area contributed by atoms with Crippen molar-refractivity contribution in [3.05, 3.63) is 64.1 Å². The van der Waals surface area contributed by atoms with E-state index in [9.17, 15) is 14.4 Å². The summed E-state index contributed by atoms with van der Waals surface area (Å²) in [6.07, 6.45) is 0.914. The molecule has 0 bridgehead atoms. The van der Waals surface area contributed by atoms with Gasteiger partial charge in [0.15, 0.2) is 11.5 Å². The number of nitrogens with one attached hydrogen (secondary N) is 1. The van der Waals surface area contributed by atoms with Crippen molar-refractivity contribution < 1.29 is 23.8 Å². The van der Waals surface area contributed by atoms with Gasteiger partial charge in [0.2, 0.25) is 5.91 Å². The number of benzene rings is 2. The Bertz CT molecular complexity index is 1270. The van der Waals surface area contributed by atoms with E-state index in [4.69, 9.17) is 14.2 Å². The molecule has 1 aliphatic heterocycles. The fraction of sp³-hybridized carbons (Fsp3) is 0.385. The normalized spacial score (nSPS) is 15.7. The van der Waals surface area contributed by atoms with Crippen LogP contribution in [0, 0.1) is 0 Å². The Balaban J connectivity index is 1.36. The molecule has 1 fully saturated rings. The maximum absolute atomic E-state index is 13.0. The molecule has 9 nitrogen and oxygen atoms in total. The van der Waals surface area contributed by atoms with Crippen LogP contribution in [0.25, 0.3) is 10.8 Å². The van der Waals surface area contributed by atoms with Gasteiger partial charge in [0.1, 0.15) is 18.5 Å². The molecule has 1 N–H and O–H groups in total. The lowest BCUT2D eigenvalue weighted by atomic mass is 10.1. The van der Waals surface area contributed by atoms with Gasteiger partial charge in [0.05, 0.1) is 37.8 Å². The SMILES string of the molecule is COc1cc(CCC(C)=O)ccc1OCC1CN(C(=O)Cc2n[nH]c(=O)c3ccccc23)CCO1. The number of rotatable bonds is 9. The number of morpholine rings is 1. The number of fused-ring (bicyclic) bond motifs is 1. The highest BCUT2D eigenvalue weighted by molar-refractivity contribution is 5.88. The van der Waals surface area contributed by atoms with Crippen LogP contribution in [0.1, 0.15) is 24.6 Å². The maximum Gasteiger partial charge on any atom is 0.272 e. The molecule has 1 saturated heterocycles. The molecule has 1 amide bonds. The Morgan fingerprint density at radius 2 is 1.97 bits per heavy atom. The Morgan fingerprint density at radius 1 is 1.17 bits per heavy atom. The Hall–Kier alpha value is -3.72. The lowest BCUT2D eigenvalue weighted by Gasteiger charge is -2.33. The Morgan fingerprint density at radius 3 is 2.74 bits per heavy atom. The number of H-pyrrole nitrogens is 1. The van der Waals surface area contributed by atoms with Gasteiger partial charge in [-0.25, -0.2) is 5.10 Å². The number of ketones is 1. The number of Topliss-reactive ketones (excluding diaryl/α,β-unsaturated/α-hetero) is 1. The van der Waals surface area contributed by atoms with E-state index in [0.29, 0.717) is 60.5 Å². The van der Waals surface area contributed by atoms with Crippen molar-refractivity contribution in [2.45, 2.75) is 32.3 Å². The number of methoxy groups -OCH3 is 1. The van der Waals surface area contributed by atoms with E-state index >= 15 is 0 Å². The van der Waals surface area contributed by atoms with Gasteiger partial charge in [-0.3, -0.25) is 9.59 Å². The third-order valence-corrected chi connectivity index (χ3v) is 6.00. The molecule has 0 radical (unpaired) electrons. The molecule has 184 valence electrons. The predicted molar refractivity (Wildman–Crippen MR) is 130 cm³/mol. The monoisotopic (exact) mass is 479 g/mol. The van der Waals surface area contributed by atoms with Gasteiger partial charge < -0.3 is 23.9 Å².